The van der Waals surface area contributed by atoms with Gasteiger partial charge in [0.05, 0.1) is 12.1 Å². The standard InChI is InChI=1S/C18H29N3O4/c1-19-6-2-13(3-7-19)18(23)20-10-15-16(11-20)25-12-17(22)21(15)14-4-8-24-9-5-14/h13-16H,2-12H2,1H3/t15-,16-/m0/s1. The molecule has 0 bridgehead atoms. The molecule has 7 nitrogen and oxygen atoms in total. The minimum absolute atomic E-state index is 0.0135. The highest BCUT2D eigenvalue weighted by molar-refractivity contribution is 5.81. The van der Waals surface area contributed by atoms with E-state index in [-0.39, 0.29) is 42.5 Å². The van der Waals surface area contributed by atoms with Crippen LogP contribution in [-0.2, 0) is 19.1 Å². The zero-order chi connectivity index (χ0) is 17.4. The molecule has 0 aromatic carbocycles. The van der Waals surface area contributed by atoms with Crippen LogP contribution in [0, 0.1) is 5.92 Å². The zero-order valence-corrected chi connectivity index (χ0v) is 15.1. The fraction of sp³-hybridized carbons (Fsp3) is 0.889. The van der Waals surface area contributed by atoms with Gasteiger partial charge in [-0.25, -0.2) is 0 Å². The van der Waals surface area contributed by atoms with E-state index in [0.717, 1.165) is 38.8 Å². The molecular formula is C18H29N3O4. The lowest BCUT2D eigenvalue weighted by Crippen LogP contribution is -2.59. The van der Waals surface area contributed by atoms with Crippen molar-refractivity contribution in [3.8, 4) is 0 Å². The van der Waals surface area contributed by atoms with Gasteiger partial charge in [0.15, 0.2) is 0 Å². The van der Waals surface area contributed by atoms with Crippen molar-refractivity contribution in [1.29, 1.82) is 0 Å². The summed E-state index contributed by atoms with van der Waals surface area (Å²) >= 11 is 0. The van der Waals surface area contributed by atoms with Crippen molar-refractivity contribution < 1.29 is 19.1 Å². The summed E-state index contributed by atoms with van der Waals surface area (Å²) in [6.45, 7) is 4.80. The summed E-state index contributed by atoms with van der Waals surface area (Å²) in [6.07, 6.45) is 3.61. The van der Waals surface area contributed by atoms with E-state index in [1.54, 1.807) is 0 Å². The Balaban J connectivity index is 1.43. The molecule has 0 unspecified atom stereocenters. The van der Waals surface area contributed by atoms with Gasteiger partial charge in [0.1, 0.15) is 6.61 Å². The number of rotatable bonds is 2. The van der Waals surface area contributed by atoms with Gasteiger partial charge in [0, 0.05) is 38.3 Å². The Bertz CT molecular complexity index is 514. The molecule has 0 saturated carbocycles. The summed E-state index contributed by atoms with van der Waals surface area (Å²) < 4.78 is 11.2. The summed E-state index contributed by atoms with van der Waals surface area (Å²) in [6, 6.07) is 0.246. The molecule has 0 spiro atoms. The van der Waals surface area contributed by atoms with Gasteiger partial charge in [0.2, 0.25) is 11.8 Å². The minimum Gasteiger partial charge on any atom is -0.381 e. The molecule has 2 amide bonds. The van der Waals surface area contributed by atoms with Gasteiger partial charge in [-0.1, -0.05) is 0 Å². The highest BCUT2D eigenvalue weighted by Gasteiger charge is 2.47. The van der Waals surface area contributed by atoms with Crippen LogP contribution in [0.1, 0.15) is 25.7 Å². The van der Waals surface area contributed by atoms with Crippen LogP contribution < -0.4 is 0 Å². The third-order valence-electron chi connectivity index (χ3n) is 6.27. The molecule has 7 heteroatoms. The van der Waals surface area contributed by atoms with Crippen LogP contribution >= 0.6 is 0 Å². The topological polar surface area (TPSA) is 62.3 Å². The molecule has 4 heterocycles. The lowest BCUT2D eigenvalue weighted by atomic mass is 9.96. The molecule has 2 atom stereocenters. The molecule has 0 radical (unpaired) electrons. The maximum absolute atomic E-state index is 12.9. The molecule has 4 aliphatic rings. The number of piperidine rings is 1. The van der Waals surface area contributed by atoms with Gasteiger partial charge in [-0.3, -0.25) is 9.59 Å². The van der Waals surface area contributed by atoms with E-state index >= 15 is 0 Å². The first kappa shape index (κ1) is 17.2. The van der Waals surface area contributed by atoms with Gasteiger partial charge in [-0.05, 0) is 45.8 Å². The van der Waals surface area contributed by atoms with E-state index in [2.05, 4.69) is 11.9 Å². The smallest absolute Gasteiger partial charge is 0.249 e. The average Bonchev–Trinajstić information content (AvgIpc) is 3.06. The number of likely N-dealkylation sites (tertiary alicyclic amines) is 2. The molecule has 140 valence electrons. The predicted octanol–water partition coefficient (Wildman–Crippen LogP) is -0.0546. The van der Waals surface area contributed by atoms with Crippen LogP contribution in [0.5, 0.6) is 0 Å². The van der Waals surface area contributed by atoms with Crippen LogP contribution in [0.25, 0.3) is 0 Å². The van der Waals surface area contributed by atoms with Crippen molar-refractivity contribution >= 4 is 11.8 Å². The monoisotopic (exact) mass is 351 g/mol. The molecule has 4 saturated heterocycles. The van der Waals surface area contributed by atoms with Crippen molar-refractivity contribution in [2.24, 2.45) is 5.92 Å². The predicted molar refractivity (Wildman–Crippen MR) is 91.0 cm³/mol. The quantitative estimate of drug-likeness (QED) is 0.698. The van der Waals surface area contributed by atoms with E-state index < -0.39 is 0 Å². The van der Waals surface area contributed by atoms with E-state index in [4.69, 9.17) is 9.47 Å². The molecule has 4 aliphatic heterocycles. The van der Waals surface area contributed by atoms with E-state index in [1.165, 1.54) is 0 Å². The fourth-order valence-corrected chi connectivity index (χ4v) is 4.76. The molecule has 0 aromatic rings. The van der Waals surface area contributed by atoms with Crippen LogP contribution in [0.2, 0.25) is 0 Å². The van der Waals surface area contributed by atoms with Gasteiger partial charge < -0.3 is 24.2 Å². The molecular weight excluding hydrogens is 322 g/mol. The zero-order valence-electron chi connectivity index (χ0n) is 15.1. The number of amides is 2. The number of morpholine rings is 1. The Morgan fingerprint density at radius 3 is 2.52 bits per heavy atom. The highest BCUT2D eigenvalue weighted by atomic mass is 16.5. The van der Waals surface area contributed by atoms with Crippen LogP contribution in [0.3, 0.4) is 0 Å². The first-order chi connectivity index (χ1) is 12.1. The lowest BCUT2D eigenvalue weighted by Gasteiger charge is -2.43. The summed E-state index contributed by atoms with van der Waals surface area (Å²) in [7, 11) is 2.11. The Hall–Kier alpha value is -1.18. The van der Waals surface area contributed by atoms with Crippen LogP contribution in [0.4, 0.5) is 0 Å². The summed E-state index contributed by atoms with van der Waals surface area (Å²) in [5, 5.41) is 0. The van der Waals surface area contributed by atoms with Crippen LogP contribution in [0.15, 0.2) is 0 Å². The normalized spacial score (nSPS) is 32.9. The Morgan fingerprint density at radius 2 is 1.80 bits per heavy atom. The van der Waals surface area contributed by atoms with Crippen molar-refractivity contribution in [1.82, 2.24) is 14.7 Å². The number of nitrogens with zero attached hydrogens (tertiary/aromatic N) is 3. The molecule has 0 aromatic heterocycles. The third kappa shape index (κ3) is 3.41. The number of carbonyl (C=O) groups is 2. The number of hydrogen-bond acceptors (Lipinski definition) is 5. The molecule has 0 aliphatic carbocycles. The summed E-state index contributed by atoms with van der Waals surface area (Å²) in [4.78, 5) is 31.7. The van der Waals surface area contributed by atoms with Gasteiger partial charge in [0.25, 0.3) is 0 Å². The van der Waals surface area contributed by atoms with E-state index in [9.17, 15) is 9.59 Å². The van der Waals surface area contributed by atoms with E-state index in [0.29, 0.717) is 26.3 Å². The van der Waals surface area contributed by atoms with E-state index in [1.807, 2.05) is 9.80 Å². The average molecular weight is 351 g/mol. The molecule has 4 rings (SSSR count). The second-order valence-corrected chi connectivity index (χ2v) is 7.88. The van der Waals surface area contributed by atoms with Crippen molar-refractivity contribution in [3.63, 3.8) is 0 Å². The first-order valence-electron chi connectivity index (χ1n) is 9.61. The molecule has 4 fully saturated rings. The summed E-state index contributed by atoms with van der Waals surface area (Å²) in [5.74, 6) is 0.454. The van der Waals surface area contributed by atoms with Gasteiger partial charge in [-0.15, -0.1) is 0 Å². The van der Waals surface area contributed by atoms with Crippen LogP contribution in [-0.4, -0.2) is 97.7 Å². The molecule has 0 N–H and O–H groups in total. The SMILES string of the molecule is CN1CCC(C(=O)N2C[C@@H]3OCC(=O)N(C4CCOCC4)[C@H]3C2)CC1. The number of carbonyl (C=O) groups excluding carboxylic acids is 2. The highest BCUT2D eigenvalue weighted by Crippen LogP contribution is 2.30. The Morgan fingerprint density at radius 1 is 1.08 bits per heavy atom. The number of ether oxygens (including phenoxy) is 2. The fourth-order valence-electron chi connectivity index (χ4n) is 4.76. The largest absolute Gasteiger partial charge is 0.381 e. The number of fused-ring (bicyclic) bond motifs is 1. The van der Waals surface area contributed by atoms with Crippen molar-refractivity contribution in [2.75, 3.05) is 53.0 Å². The third-order valence-corrected chi connectivity index (χ3v) is 6.27. The number of hydrogen-bond donors (Lipinski definition) is 0. The summed E-state index contributed by atoms with van der Waals surface area (Å²) in [5.41, 5.74) is 0. The minimum atomic E-state index is -0.0317. The lowest BCUT2D eigenvalue weighted by molar-refractivity contribution is -0.159. The van der Waals surface area contributed by atoms with Gasteiger partial charge in [-0.2, -0.15) is 0 Å². The van der Waals surface area contributed by atoms with Gasteiger partial charge >= 0.3 is 0 Å². The first-order valence-corrected chi connectivity index (χ1v) is 9.61. The van der Waals surface area contributed by atoms with Crippen molar-refractivity contribution in [3.05, 3.63) is 0 Å². The maximum Gasteiger partial charge on any atom is 0.249 e. The second kappa shape index (κ2) is 7.21. The maximum atomic E-state index is 12.9. The Kier molecular flexibility index (Phi) is 4.97. The van der Waals surface area contributed by atoms with Crippen molar-refractivity contribution in [2.45, 2.75) is 43.9 Å². The second-order valence-electron chi connectivity index (χ2n) is 7.88. The Labute approximate surface area is 149 Å². The molecule has 25 heavy (non-hydrogen) atoms.